The minimum atomic E-state index is -0.350. The Morgan fingerprint density at radius 1 is 1.38 bits per heavy atom. The average Bonchev–Trinajstić information content (AvgIpc) is 2.45. The van der Waals surface area contributed by atoms with Crippen molar-refractivity contribution in [3.8, 4) is 0 Å². The summed E-state index contributed by atoms with van der Waals surface area (Å²) in [6.07, 6.45) is 0. The van der Waals surface area contributed by atoms with Gasteiger partial charge in [-0.2, -0.15) is 0 Å². The monoisotopic (exact) mass is 290 g/mol. The Morgan fingerprint density at radius 2 is 2.10 bits per heavy atom. The van der Waals surface area contributed by atoms with E-state index in [-0.39, 0.29) is 30.3 Å². The number of carbonyl (C=O) groups is 1. The first kappa shape index (κ1) is 15.4. The van der Waals surface area contributed by atoms with Crippen molar-refractivity contribution in [2.45, 2.75) is 26.8 Å². The second kappa shape index (κ2) is 6.18. The molecule has 0 radical (unpaired) electrons. The second-order valence-electron chi connectivity index (χ2n) is 5.38. The predicted octanol–water partition coefficient (Wildman–Crippen LogP) is 2.43. The third-order valence-electron chi connectivity index (χ3n) is 3.72. The number of aromatic nitrogens is 1. The van der Waals surface area contributed by atoms with Crippen LogP contribution in [0.2, 0.25) is 0 Å². The third kappa shape index (κ3) is 3.36. The van der Waals surface area contributed by atoms with E-state index in [1.54, 1.807) is 19.1 Å². The standard InChI is InChI=1S/C16H19FN2O2/c1-9(8-20)10(2)19-16(21)14-6-12-4-5-13(17)7-15(12)18-11(14)3/h4-7,9-10,20H,8H2,1-3H3,(H,19,21). The molecule has 0 saturated carbocycles. The molecule has 0 saturated heterocycles. The maximum Gasteiger partial charge on any atom is 0.253 e. The first-order valence-corrected chi connectivity index (χ1v) is 6.91. The number of benzene rings is 1. The van der Waals surface area contributed by atoms with Crippen LogP contribution in [0, 0.1) is 18.7 Å². The Hall–Kier alpha value is -2.01. The van der Waals surface area contributed by atoms with Crippen molar-refractivity contribution in [1.29, 1.82) is 0 Å². The van der Waals surface area contributed by atoms with E-state index < -0.39 is 0 Å². The zero-order valence-electron chi connectivity index (χ0n) is 12.4. The fraction of sp³-hybridized carbons (Fsp3) is 0.375. The molecule has 1 amide bonds. The third-order valence-corrected chi connectivity index (χ3v) is 3.72. The van der Waals surface area contributed by atoms with Crippen molar-refractivity contribution in [3.63, 3.8) is 0 Å². The van der Waals surface area contributed by atoms with Crippen LogP contribution in [-0.4, -0.2) is 28.6 Å². The lowest BCUT2D eigenvalue weighted by atomic mass is 10.0. The van der Waals surface area contributed by atoms with Gasteiger partial charge in [-0.25, -0.2) is 4.39 Å². The molecule has 2 N–H and O–H groups in total. The van der Waals surface area contributed by atoms with Gasteiger partial charge in [-0.1, -0.05) is 6.92 Å². The quantitative estimate of drug-likeness (QED) is 0.909. The van der Waals surface area contributed by atoms with Crippen LogP contribution in [-0.2, 0) is 0 Å². The number of aliphatic hydroxyl groups is 1. The summed E-state index contributed by atoms with van der Waals surface area (Å²) < 4.78 is 13.2. The van der Waals surface area contributed by atoms with Gasteiger partial charge in [0.05, 0.1) is 16.8 Å². The number of hydrogen-bond acceptors (Lipinski definition) is 3. The molecule has 0 spiro atoms. The molecule has 2 unspecified atom stereocenters. The lowest BCUT2D eigenvalue weighted by molar-refractivity contribution is 0.0915. The highest BCUT2D eigenvalue weighted by molar-refractivity contribution is 5.98. The van der Waals surface area contributed by atoms with Crippen LogP contribution < -0.4 is 5.32 Å². The molecule has 0 aliphatic heterocycles. The summed E-state index contributed by atoms with van der Waals surface area (Å²) in [5.41, 5.74) is 1.54. The highest BCUT2D eigenvalue weighted by atomic mass is 19.1. The Labute approximate surface area is 123 Å². The molecular weight excluding hydrogens is 271 g/mol. The summed E-state index contributed by atoms with van der Waals surface area (Å²) in [4.78, 5) is 16.6. The van der Waals surface area contributed by atoms with Gasteiger partial charge in [0.25, 0.3) is 5.91 Å². The van der Waals surface area contributed by atoms with E-state index in [1.165, 1.54) is 12.1 Å². The number of aryl methyl sites for hydroxylation is 1. The van der Waals surface area contributed by atoms with Crippen LogP contribution in [0.25, 0.3) is 10.9 Å². The number of carbonyl (C=O) groups excluding carboxylic acids is 1. The second-order valence-corrected chi connectivity index (χ2v) is 5.38. The van der Waals surface area contributed by atoms with Crippen molar-refractivity contribution >= 4 is 16.8 Å². The molecule has 1 aromatic carbocycles. The molecule has 0 bridgehead atoms. The summed E-state index contributed by atoms with van der Waals surface area (Å²) >= 11 is 0. The Kier molecular flexibility index (Phi) is 4.53. The van der Waals surface area contributed by atoms with Crippen molar-refractivity contribution in [2.75, 3.05) is 6.61 Å². The number of rotatable bonds is 4. The number of nitrogens with zero attached hydrogens (tertiary/aromatic N) is 1. The SMILES string of the molecule is Cc1nc2cc(F)ccc2cc1C(=O)NC(C)C(C)CO. The first-order chi connectivity index (χ1) is 9.92. The molecule has 2 rings (SSSR count). The minimum Gasteiger partial charge on any atom is -0.396 e. The summed E-state index contributed by atoms with van der Waals surface area (Å²) in [7, 11) is 0. The number of aliphatic hydroxyl groups excluding tert-OH is 1. The number of pyridine rings is 1. The zero-order valence-corrected chi connectivity index (χ0v) is 12.4. The van der Waals surface area contributed by atoms with Crippen LogP contribution in [0.1, 0.15) is 29.9 Å². The summed E-state index contributed by atoms with van der Waals surface area (Å²) in [6.45, 7) is 5.44. The normalized spacial score (nSPS) is 14.0. The molecule has 2 aromatic rings. The van der Waals surface area contributed by atoms with Crippen molar-refractivity contribution in [3.05, 3.63) is 41.3 Å². The average molecular weight is 290 g/mol. The molecule has 2 atom stereocenters. The van der Waals surface area contributed by atoms with E-state index in [4.69, 9.17) is 5.11 Å². The molecule has 1 heterocycles. The van der Waals surface area contributed by atoms with Gasteiger partial charge < -0.3 is 10.4 Å². The largest absolute Gasteiger partial charge is 0.396 e. The molecule has 0 aliphatic carbocycles. The first-order valence-electron chi connectivity index (χ1n) is 6.91. The maximum atomic E-state index is 13.2. The van der Waals surface area contributed by atoms with Crippen LogP contribution in [0.5, 0.6) is 0 Å². The molecule has 1 aromatic heterocycles. The fourth-order valence-electron chi connectivity index (χ4n) is 2.05. The smallest absolute Gasteiger partial charge is 0.253 e. The van der Waals surface area contributed by atoms with E-state index in [2.05, 4.69) is 10.3 Å². The van der Waals surface area contributed by atoms with E-state index in [1.807, 2.05) is 13.8 Å². The van der Waals surface area contributed by atoms with Gasteiger partial charge >= 0.3 is 0 Å². The van der Waals surface area contributed by atoms with Crippen molar-refractivity contribution < 1.29 is 14.3 Å². The fourth-order valence-corrected chi connectivity index (χ4v) is 2.05. The van der Waals surface area contributed by atoms with Crippen LogP contribution >= 0.6 is 0 Å². The van der Waals surface area contributed by atoms with Gasteiger partial charge in [-0.05, 0) is 38.0 Å². The lowest BCUT2D eigenvalue weighted by Gasteiger charge is -2.19. The lowest BCUT2D eigenvalue weighted by Crippen LogP contribution is -2.38. The number of amides is 1. The minimum absolute atomic E-state index is 0.00960. The van der Waals surface area contributed by atoms with Crippen LogP contribution in [0.4, 0.5) is 4.39 Å². The van der Waals surface area contributed by atoms with E-state index >= 15 is 0 Å². The van der Waals surface area contributed by atoms with Gasteiger partial charge in [0.2, 0.25) is 0 Å². The summed E-state index contributed by atoms with van der Waals surface area (Å²) in [6, 6.07) is 5.86. The van der Waals surface area contributed by atoms with E-state index in [0.717, 1.165) is 5.39 Å². The summed E-state index contributed by atoms with van der Waals surface area (Å²) in [5, 5.41) is 12.7. The van der Waals surface area contributed by atoms with Gasteiger partial charge in [0, 0.05) is 24.1 Å². The number of hydrogen-bond donors (Lipinski definition) is 2. The zero-order chi connectivity index (χ0) is 15.6. The molecule has 0 aliphatic rings. The van der Waals surface area contributed by atoms with E-state index in [0.29, 0.717) is 16.8 Å². The highest BCUT2D eigenvalue weighted by Crippen LogP contribution is 2.18. The topological polar surface area (TPSA) is 62.2 Å². The number of halogens is 1. The van der Waals surface area contributed by atoms with Crippen molar-refractivity contribution in [1.82, 2.24) is 10.3 Å². The summed E-state index contributed by atoms with van der Waals surface area (Å²) in [5.74, 6) is -0.618. The molecule has 0 fully saturated rings. The van der Waals surface area contributed by atoms with Crippen molar-refractivity contribution in [2.24, 2.45) is 5.92 Å². The van der Waals surface area contributed by atoms with Gasteiger partial charge in [-0.15, -0.1) is 0 Å². The van der Waals surface area contributed by atoms with Gasteiger partial charge in [-0.3, -0.25) is 9.78 Å². The number of fused-ring (bicyclic) bond motifs is 1. The molecule has 5 heteroatoms. The van der Waals surface area contributed by atoms with Crippen LogP contribution in [0.3, 0.4) is 0 Å². The van der Waals surface area contributed by atoms with Gasteiger partial charge in [0.1, 0.15) is 5.82 Å². The Morgan fingerprint density at radius 3 is 2.76 bits per heavy atom. The maximum absolute atomic E-state index is 13.2. The molecule has 112 valence electrons. The molecular formula is C16H19FN2O2. The highest BCUT2D eigenvalue weighted by Gasteiger charge is 2.17. The Bertz CT molecular complexity index is 673. The molecule has 21 heavy (non-hydrogen) atoms. The predicted molar refractivity (Wildman–Crippen MR) is 79.6 cm³/mol. The van der Waals surface area contributed by atoms with Crippen LogP contribution in [0.15, 0.2) is 24.3 Å². The van der Waals surface area contributed by atoms with E-state index in [9.17, 15) is 9.18 Å². The molecule has 4 nitrogen and oxygen atoms in total. The number of nitrogens with one attached hydrogen (secondary N) is 1. The van der Waals surface area contributed by atoms with Gasteiger partial charge in [0.15, 0.2) is 0 Å². The Balaban J connectivity index is 2.31.